The SMILES string of the molecule is CSSC(C)CCC(=O)Oc1c(F)c(F)c(F)c(F)c1F. The highest BCUT2D eigenvalue weighted by Gasteiger charge is 2.28. The van der Waals surface area contributed by atoms with E-state index >= 15 is 0 Å². The fourth-order valence-corrected chi connectivity index (χ4v) is 3.19. The van der Waals surface area contributed by atoms with E-state index in [0.717, 1.165) is 0 Å². The second-order valence-electron chi connectivity index (χ2n) is 3.99. The first-order valence-corrected chi connectivity index (χ1v) is 8.33. The minimum absolute atomic E-state index is 0.0731. The van der Waals surface area contributed by atoms with Gasteiger partial charge in [-0.05, 0) is 12.7 Å². The average Bonchev–Trinajstić information content (AvgIpc) is 2.46. The van der Waals surface area contributed by atoms with Crippen LogP contribution in [0.5, 0.6) is 5.75 Å². The maximum absolute atomic E-state index is 13.3. The summed E-state index contributed by atoms with van der Waals surface area (Å²) in [5.74, 6) is -13.5. The molecule has 1 aromatic rings. The second-order valence-corrected chi connectivity index (χ2v) is 6.89. The van der Waals surface area contributed by atoms with Gasteiger partial charge in [0.15, 0.2) is 0 Å². The van der Waals surface area contributed by atoms with E-state index in [4.69, 9.17) is 0 Å². The molecule has 0 saturated carbocycles. The molecule has 0 amide bonds. The summed E-state index contributed by atoms with van der Waals surface area (Å²) in [7, 11) is 2.96. The van der Waals surface area contributed by atoms with Crippen molar-refractivity contribution in [1.82, 2.24) is 0 Å². The van der Waals surface area contributed by atoms with E-state index in [1.54, 1.807) is 0 Å². The fraction of sp³-hybridized carbons (Fsp3) is 0.417. The number of halogens is 5. The van der Waals surface area contributed by atoms with E-state index in [-0.39, 0.29) is 11.7 Å². The first-order chi connectivity index (χ1) is 9.79. The van der Waals surface area contributed by atoms with Crippen molar-refractivity contribution < 1.29 is 31.5 Å². The zero-order chi connectivity index (χ0) is 16.2. The highest BCUT2D eigenvalue weighted by molar-refractivity contribution is 8.76. The van der Waals surface area contributed by atoms with E-state index in [1.807, 2.05) is 13.2 Å². The molecule has 0 radical (unpaired) electrons. The summed E-state index contributed by atoms with van der Waals surface area (Å²) < 4.78 is 69.4. The highest BCUT2D eigenvalue weighted by Crippen LogP contribution is 2.30. The van der Waals surface area contributed by atoms with Crippen molar-refractivity contribution in [2.75, 3.05) is 6.26 Å². The molecule has 0 bridgehead atoms. The number of carbonyl (C=O) groups is 1. The molecule has 0 N–H and O–H groups in total. The van der Waals surface area contributed by atoms with Crippen molar-refractivity contribution in [3.63, 3.8) is 0 Å². The van der Waals surface area contributed by atoms with Gasteiger partial charge in [0.2, 0.25) is 34.8 Å². The van der Waals surface area contributed by atoms with Gasteiger partial charge in [-0.3, -0.25) is 4.79 Å². The number of ether oxygens (including phenoxy) is 1. The van der Waals surface area contributed by atoms with Crippen LogP contribution in [-0.4, -0.2) is 17.5 Å². The van der Waals surface area contributed by atoms with Gasteiger partial charge in [0.25, 0.3) is 0 Å². The minimum atomic E-state index is -2.30. The smallest absolute Gasteiger partial charge is 0.311 e. The maximum atomic E-state index is 13.3. The summed E-state index contributed by atoms with van der Waals surface area (Å²) >= 11 is 0. The Hall–Kier alpha value is -0.960. The standard InChI is InChI=1S/C12H11F5O2S2/c1-5(21-20-2)3-4-6(18)19-12-10(16)8(14)7(13)9(15)11(12)17/h5H,3-4H2,1-2H3. The van der Waals surface area contributed by atoms with Gasteiger partial charge in [-0.2, -0.15) is 8.78 Å². The van der Waals surface area contributed by atoms with E-state index in [0.29, 0.717) is 6.42 Å². The van der Waals surface area contributed by atoms with Crippen molar-refractivity contribution in [1.29, 1.82) is 0 Å². The first kappa shape index (κ1) is 18.1. The predicted molar refractivity (Wildman–Crippen MR) is 71.7 cm³/mol. The molecule has 0 fully saturated rings. The van der Waals surface area contributed by atoms with Gasteiger partial charge in [0, 0.05) is 11.7 Å². The van der Waals surface area contributed by atoms with Crippen molar-refractivity contribution in [3.8, 4) is 5.75 Å². The van der Waals surface area contributed by atoms with Crippen LogP contribution in [0.4, 0.5) is 22.0 Å². The Kier molecular flexibility index (Phi) is 6.79. The topological polar surface area (TPSA) is 26.3 Å². The van der Waals surface area contributed by atoms with Crippen LogP contribution in [0.3, 0.4) is 0 Å². The number of carbonyl (C=O) groups excluding carboxylic acids is 1. The predicted octanol–water partition coefficient (Wildman–Crippen LogP) is 4.47. The second kappa shape index (κ2) is 7.88. The van der Waals surface area contributed by atoms with Crippen LogP contribution in [0.1, 0.15) is 19.8 Å². The van der Waals surface area contributed by atoms with Crippen LogP contribution < -0.4 is 4.74 Å². The first-order valence-electron chi connectivity index (χ1n) is 5.71. The van der Waals surface area contributed by atoms with Crippen LogP contribution in [0.15, 0.2) is 0 Å². The molecule has 0 saturated heterocycles. The minimum Gasteiger partial charge on any atom is -0.420 e. The molecule has 2 nitrogen and oxygen atoms in total. The third kappa shape index (κ3) is 4.50. The van der Waals surface area contributed by atoms with Crippen molar-refractivity contribution in [3.05, 3.63) is 29.1 Å². The van der Waals surface area contributed by atoms with E-state index in [2.05, 4.69) is 4.74 Å². The maximum Gasteiger partial charge on any atom is 0.311 e. The van der Waals surface area contributed by atoms with Gasteiger partial charge in [-0.1, -0.05) is 28.5 Å². The van der Waals surface area contributed by atoms with Gasteiger partial charge in [-0.25, -0.2) is 13.2 Å². The van der Waals surface area contributed by atoms with Crippen LogP contribution in [0.25, 0.3) is 0 Å². The molecule has 0 aromatic heterocycles. The largest absolute Gasteiger partial charge is 0.420 e. The molecule has 0 spiro atoms. The van der Waals surface area contributed by atoms with Crippen LogP contribution in [0.2, 0.25) is 0 Å². The summed E-state index contributed by atoms with van der Waals surface area (Å²) in [6, 6.07) is 0. The third-order valence-electron chi connectivity index (χ3n) is 2.40. The lowest BCUT2D eigenvalue weighted by molar-refractivity contribution is -0.134. The molecule has 1 atom stereocenters. The van der Waals surface area contributed by atoms with E-state index in [9.17, 15) is 26.7 Å². The molecule has 0 heterocycles. The van der Waals surface area contributed by atoms with E-state index in [1.165, 1.54) is 21.6 Å². The van der Waals surface area contributed by atoms with Crippen LogP contribution in [-0.2, 0) is 4.79 Å². The van der Waals surface area contributed by atoms with Gasteiger partial charge < -0.3 is 4.74 Å². The monoisotopic (exact) mass is 346 g/mol. The summed E-state index contributed by atoms with van der Waals surface area (Å²) in [5, 5.41) is 0.0731. The summed E-state index contributed by atoms with van der Waals surface area (Å²) in [4.78, 5) is 11.4. The third-order valence-corrected chi connectivity index (χ3v) is 4.72. The number of benzene rings is 1. The molecule has 1 aromatic carbocycles. The molecule has 1 unspecified atom stereocenters. The molecule has 0 aliphatic heterocycles. The number of hydrogen-bond donors (Lipinski definition) is 0. The van der Waals surface area contributed by atoms with E-state index < -0.39 is 40.8 Å². The summed E-state index contributed by atoms with van der Waals surface area (Å²) in [6.45, 7) is 1.83. The molecule has 118 valence electrons. The molecular formula is C12H11F5O2S2. The average molecular weight is 346 g/mol. The van der Waals surface area contributed by atoms with Crippen LogP contribution in [0, 0.1) is 29.1 Å². The Morgan fingerprint density at radius 1 is 1.05 bits per heavy atom. The lowest BCUT2D eigenvalue weighted by Gasteiger charge is -2.10. The van der Waals surface area contributed by atoms with Crippen LogP contribution >= 0.6 is 21.6 Å². The molecular weight excluding hydrogens is 335 g/mol. The summed E-state index contributed by atoms with van der Waals surface area (Å²) in [5.41, 5.74) is 0. The zero-order valence-corrected chi connectivity index (χ0v) is 12.6. The Labute approximate surface area is 125 Å². The Morgan fingerprint density at radius 2 is 1.52 bits per heavy atom. The number of esters is 1. The number of hydrogen-bond acceptors (Lipinski definition) is 4. The quantitative estimate of drug-likeness (QED) is 0.190. The van der Waals surface area contributed by atoms with Crippen molar-refractivity contribution in [2.24, 2.45) is 0 Å². The zero-order valence-electron chi connectivity index (χ0n) is 11.0. The lowest BCUT2D eigenvalue weighted by Crippen LogP contribution is -2.14. The number of rotatable bonds is 6. The Bertz CT molecular complexity index is 510. The molecule has 9 heteroatoms. The van der Waals surface area contributed by atoms with Gasteiger partial charge in [-0.15, -0.1) is 0 Å². The lowest BCUT2D eigenvalue weighted by atomic mass is 10.2. The normalized spacial score (nSPS) is 12.3. The molecule has 21 heavy (non-hydrogen) atoms. The van der Waals surface area contributed by atoms with Gasteiger partial charge in [0.05, 0.1) is 0 Å². The fourth-order valence-electron chi connectivity index (χ4n) is 1.37. The Balaban J connectivity index is 2.82. The van der Waals surface area contributed by atoms with Crippen molar-refractivity contribution >= 4 is 27.6 Å². The van der Waals surface area contributed by atoms with Gasteiger partial charge >= 0.3 is 5.97 Å². The van der Waals surface area contributed by atoms with Crippen molar-refractivity contribution in [2.45, 2.75) is 25.0 Å². The summed E-state index contributed by atoms with van der Waals surface area (Å²) in [6.07, 6.45) is 1.99. The molecule has 1 rings (SSSR count). The molecule has 0 aliphatic carbocycles. The Morgan fingerprint density at radius 3 is 2.00 bits per heavy atom. The van der Waals surface area contributed by atoms with Gasteiger partial charge in [0.1, 0.15) is 0 Å². The highest BCUT2D eigenvalue weighted by atomic mass is 33.1. The molecule has 0 aliphatic rings.